The third-order valence-electron chi connectivity index (χ3n) is 3.94. The molecular weight excluding hydrogens is 240 g/mol. The summed E-state index contributed by atoms with van der Waals surface area (Å²) in [4.78, 5) is 16.0. The molecule has 2 saturated heterocycles. The zero-order valence-corrected chi connectivity index (χ0v) is 12.2. The van der Waals surface area contributed by atoms with Crippen LogP contribution in [0.1, 0.15) is 33.6 Å². The van der Waals surface area contributed by atoms with Crippen LogP contribution in [0.25, 0.3) is 0 Å². The quantitative estimate of drug-likeness (QED) is 0.679. The van der Waals surface area contributed by atoms with Crippen LogP contribution in [0.3, 0.4) is 0 Å². The molecule has 0 saturated carbocycles. The SMILES string of the molecule is C#CCN1CCC2(CC1)CN(C(=O)OC(C)(C)C)C2. The molecule has 2 rings (SSSR count). The molecule has 106 valence electrons. The van der Waals surface area contributed by atoms with E-state index in [0.717, 1.165) is 45.6 Å². The van der Waals surface area contributed by atoms with Gasteiger partial charge in [0.1, 0.15) is 5.60 Å². The topological polar surface area (TPSA) is 32.8 Å². The molecule has 4 nitrogen and oxygen atoms in total. The number of carbonyl (C=O) groups excluding carboxylic acids is 1. The minimum absolute atomic E-state index is 0.177. The Bertz CT molecular complexity index is 376. The van der Waals surface area contributed by atoms with Crippen molar-refractivity contribution in [3.8, 4) is 12.3 Å². The third kappa shape index (κ3) is 3.42. The zero-order chi connectivity index (χ0) is 14.1. The number of rotatable bonds is 1. The van der Waals surface area contributed by atoms with Crippen LogP contribution in [0.5, 0.6) is 0 Å². The van der Waals surface area contributed by atoms with Crippen molar-refractivity contribution in [2.24, 2.45) is 5.41 Å². The molecule has 19 heavy (non-hydrogen) atoms. The maximum absolute atomic E-state index is 11.9. The fraction of sp³-hybridized carbons (Fsp3) is 0.800. The van der Waals surface area contributed by atoms with Gasteiger partial charge in [-0.25, -0.2) is 4.79 Å². The lowest BCUT2D eigenvalue weighted by molar-refractivity contribution is -0.0579. The number of ether oxygens (including phenoxy) is 1. The first-order chi connectivity index (χ1) is 8.84. The molecule has 1 spiro atoms. The van der Waals surface area contributed by atoms with Gasteiger partial charge in [-0.2, -0.15) is 0 Å². The summed E-state index contributed by atoms with van der Waals surface area (Å²) < 4.78 is 5.39. The molecule has 2 fully saturated rings. The third-order valence-corrected chi connectivity index (χ3v) is 3.94. The van der Waals surface area contributed by atoms with Crippen molar-refractivity contribution in [2.45, 2.75) is 39.2 Å². The summed E-state index contributed by atoms with van der Waals surface area (Å²) in [5.74, 6) is 2.69. The molecule has 0 aromatic rings. The Morgan fingerprint density at radius 2 is 1.89 bits per heavy atom. The lowest BCUT2D eigenvalue weighted by atomic mass is 9.72. The van der Waals surface area contributed by atoms with Gasteiger partial charge in [0, 0.05) is 18.5 Å². The first kappa shape index (κ1) is 14.2. The second-order valence-corrected chi connectivity index (χ2v) is 6.82. The van der Waals surface area contributed by atoms with Crippen molar-refractivity contribution in [1.82, 2.24) is 9.80 Å². The monoisotopic (exact) mass is 264 g/mol. The van der Waals surface area contributed by atoms with E-state index in [1.807, 2.05) is 25.7 Å². The Labute approximate surface area is 116 Å². The van der Waals surface area contributed by atoms with Crippen LogP contribution in [0.4, 0.5) is 4.79 Å². The maximum Gasteiger partial charge on any atom is 0.410 e. The van der Waals surface area contributed by atoms with Gasteiger partial charge in [0.05, 0.1) is 6.54 Å². The van der Waals surface area contributed by atoms with E-state index < -0.39 is 5.60 Å². The normalized spacial score (nSPS) is 22.7. The molecule has 1 amide bonds. The number of terminal acetylenes is 1. The van der Waals surface area contributed by atoms with Gasteiger partial charge in [-0.05, 0) is 46.7 Å². The smallest absolute Gasteiger partial charge is 0.410 e. The van der Waals surface area contributed by atoms with Crippen molar-refractivity contribution in [3.63, 3.8) is 0 Å². The van der Waals surface area contributed by atoms with E-state index in [1.165, 1.54) is 0 Å². The Morgan fingerprint density at radius 1 is 1.32 bits per heavy atom. The fourth-order valence-corrected chi connectivity index (χ4v) is 2.85. The Balaban J connectivity index is 1.77. The zero-order valence-electron chi connectivity index (χ0n) is 12.2. The first-order valence-electron chi connectivity index (χ1n) is 6.97. The van der Waals surface area contributed by atoms with Gasteiger partial charge in [0.2, 0.25) is 0 Å². The van der Waals surface area contributed by atoms with Gasteiger partial charge in [0.15, 0.2) is 0 Å². The number of hydrogen-bond donors (Lipinski definition) is 0. The summed E-state index contributed by atoms with van der Waals surface area (Å²) in [6.07, 6.45) is 7.42. The van der Waals surface area contributed by atoms with Crippen molar-refractivity contribution >= 4 is 6.09 Å². The summed E-state index contributed by atoms with van der Waals surface area (Å²) in [6.45, 7) is 10.2. The van der Waals surface area contributed by atoms with Crippen molar-refractivity contribution in [2.75, 3.05) is 32.7 Å². The molecular formula is C15H24N2O2. The molecule has 0 aromatic carbocycles. The molecule has 0 unspecified atom stereocenters. The lowest BCUT2D eigenvalue weighted by Gasteiger charge is -2.53. The number of nitrogens with zero attached hydrogens (tertiary/aromatic N) is 2. The van der Waals surface area contributed by atoms with Crippen LogP contribution in [-0.2, 0) is 4.74 Å². The van der Waals surface area contributed by atoms with E-state index in [0.29, 0.717) is 5.41 Å². The summed E-state index contributed by atoms with van der Waals surface area (Å²) in [5.41, 5.74) is -0.0853. The van der Waals surface area contributed by atoms with Gasteiger partial charge in [-0.15, -0.1) is 6.42 Å². The van der Waals surface area contributed by atoms with Gasteiger partial charge in [-0.1, -0.05) is 5.92 Å². The highest BCUT2D eigenvalue weighted by Crippen LogP contribution is 2.40. The van der Waals surface area contributed by atoms with Crippen LogP contribution >= 0.6 is 0 Å². The van der Waals surface area contributed by atoms with E-state index in [2.05, 4.69) is 10.8 Å². The van der Waals surface area contributed by atoms with Crippen LogP contribution in [-0.4, -0.2) is 54.2 Å². The highest BCUT2D eigenvalue weighted by atomic mass is 16.6. The molecule has 0 N–H and O–H groups in total. The average Bonchev–Trinajstić information content (AvgIpc) is 2.25. The Morgan fingerprint density at radius 3 is 2.37 bits per heavy atom. The van der Waals surface area contributed by atoms with Gasteiger partial charge >= 0.3 is 6.09 Å². The Kier molecular flexibility index (Phi) is 3.78. The number of carbonyl (C=O) groups is 1. The second-order valence-electron chi connectivity index (χ2n) is 6.82. The summed E-state index contributed by atoms with van der Waals surface area (Å²) >= 11 is 0. The Hall–Kier alpha value is -1.21. The predicted octanol–water partition coefficient (Wildman–Crippen LogP) is 1.95. The highest BCUT2D eigenvalue weighted by molar-refractivity contribution is 5.69. The largest absolute Gasteiger partial charge is 0.444 e. The maximum atomic E-state index is 11.9. The second kappa shape index (κ2) is 5.05. The molecule has 0 aromatic heterocycles. The van der Waals surface area contributed by atoms with E-state index in [-0.39, 0.29) is 6.09 Å². The van der Waals surface area contributed by atoms with E-state index in [9.17, 15) is 4.79 Å². The molecule has 2 aliphatic heterocycles. The van der Waals surface area contributed by atoms with Crippen molar-refractivity contribution < 1.29 is 9.53 Å². The van der Waals surface area contributed by atoms with Crippen LogP contribution in [0.2, 0.25) is 0 Å². The van der Waals surface area contributed by atoms with E-state index in [1.54, 1.807) is 0 Å². The minimum Gasteiger partial charge on any atom is -0.444 e. The van der Waals surface area contributed by atoms with Crippen LogP contribution in [0.15, 0.2) is 0 Å². The van der Waals surface area contributed by atoms with Gasteiger partial charge in [-0.3, -0.25) is 4.90 Å². The lowest BCUT2D eigenvalue weighted by Crippen LogP contribution is -2.62. The molecule has 0 aliphatic carbocycles. The summed E-state index contributed by atoms with van der Waals surface area (Å²) in [7, 11) is 0. The van der Waals surface area contributed by atoms with Crippen LogP contribution in [0, 0.1) is 17.8 Å². The van der Waals surface area contributed by atoms with Crippen molar-refractivity contribution in [3.05, 3.63) is 0 Å². The van der Waals surface area contributed by atoms with Gasteiger partial charge in [0.25, 0.3) is 0 Å². The predicted molar refractivity (Wildman–Crippen MR) is 74.7 cm³/mol. The number of likely N-dealkylation sites (tertiary alicyclic amines) is 2. The molecule has 0 radical (unpaired) electrons. The summed E-state index contributed by atoms with van der Waals surface area (Å²) in [6, 6.07) is 0. The van der Waals surface area contributed by atoms with E-state index >= 15 is 0 Å². The molecule has 2 aliphatic rings. The molecule has 4 heteroatoms. The standard InChI is InChI=1S/C15H24N2O2/c1-5-8-16-9-6-15(7-10-16)11-17(12-15)13(18)19-14(2,3)4/h1H,6-12H2,2-4H3. The number of hydrogen-bond acceptors (Lipinski definition) is 3. The molecule has 2 heterocycles. The fourth-order valence-electron chi connectivity index (χ4n) is 2.85. The van der Waals surface area contributed by atoms with Gasteiger partial charge < -0.3 is 9.64 Å². The minimum atomic E-state index is -0.407. The first-order valence-corrected chi connectivity index (χ1v) is 6.97. The number of amides is 1. The summed E-state index contributed by atoms with van der Waals surface area (Å²) in [5, 5.41) is 0. The molecule has 0 bridgehead atoms. The average molecular weight is 264 g/mol. The highest BCUT2D eigenvalue weighted by Gasteiger charge is 2.47. The number of piperidine rings is 1. The van der Waals surface area contributed by atoms with Crippen LogP contribution < -0.4 is 0 Å². The van der Waals surface area contributed by atoms with Crippen molar-refractivity contribution in [1.29, 1.82) is 0 Å². The molecule has 0 atom stereocenters. The van der Waals surface area contributed by atoms with E-state index in [4.69, 9.17) is 11.2 Å².